The highest BCUT2D eigenvalue weighted by Crippen LogP contribution is 2.11. The lowest BCUT2D eigenvalue weighted by atomic mass is 10.4. The van der Waals surface area contributed by atoms with Crippen LogP contribution in [0.2, 0.25) is 0 Å². The van der Waals surface area contributed by atoms with E-state index in [1.165, 1.54) is 18.5 Å². The molecule has 3 nitrogen and oxygen atoms in total. The second-order valence-corrected chi connectivity index (χ2v) is 1.66. The van der Waals surface area contributed by atoms with Crippen LogP contribution in [0, 0.1) is 0 Å². The second kappa shape index (κ2) is 3.06. The first-order valence-corrected chi connectivity index (χ1v) is 2.62. The Hall–Kier alpha value is -1.25. The first-order chi connectivity index (χ1) is 6.72. The third-order valence-corrected chi connectivity index (χ3v) is 0.903. The highest BCUT2D eigenvalue weighted by Gasteiger charge is 1.90. The Labute approximate surface area is 66.9 Å². The average Bonchev–Trinajstić information content (AvgIpc) is 2.00. The molecule has 0 aromatic carbocycles. The van der Waals surface area contributed by atoms with Gasteiger partial charge in [-0.15, -0.1) is 0 Å². The number of nitrogens with zero attached hydrogens (tertiary/aromatic N) is 1. The van der Waals surface area contributed by atoms with Gasteiger partial charge < -0.3 is 10.5 Å². The summed E-state index contributed by atoms with van der Waals surface area (Å²) in [5.41, 5.74) is 5.65. The van der Waals surface area contributed by atoms with Crippen molar-refractivity contribution < 1.29 is 11.6 Å². The normalized spacial score (nSPS) is 19.4. The van der Waals surface area contributed by atoms with E-state index in [0.717, 1.165) is 0 Å². The van der Waals surface area contributed by atoms with E-state index in [4.69, 9.17) is 12.6 Å². The fourth-order valence-electron chi connectivity index (χ4n) is 0.550. The molecule has 0 saturated carbocycles. The molecule has 0 bridgehead atoms. The molecule has 0 unspecified atom stereocenters. The molecule has 1 aromatic heterocycles. The number of nitrogen functional groups attached to an aromatic ring is 1. The van der Waals surface area contributed by atoms with Crippen LogP contribution in [-0.4, -0.2) is 11.5 Å². The SMILES string of the molecule is [2H]C([2H])([2H])C([2H])([2H])Oc1cncc(N)c1. The Balaban J connectivity index is 2.87. The molecule has 0 amide bonds. The summed E-state index contributed by atoms with van der Waals surface area (Å²) in [5.74, 6) is -0.0175. The van der Waals surface area contributed by atoms with Crippen LogP contribution >= 0.6 is 0 Å². The number of anilines is 1. The molecule has 54 valence electrons. The Kier molecular flexibility index (Phi) is 0.849. The zero-order chi connectivity index (χ0) is 11.7. The quantitative estimate of drug-likeness (QED) is 0.673. The van der Waals surface area contributed by atoms with Crippen molar-refractivity contribution in [3.8, 4) is 5.75 Å². The number of nitrogens with two attached hydrogens (primary N) is 1. The molecule has 1 aromatic rings. The van der Waals surface area contributed by atoms with Gasteiger partial charge in [-0.2, -0.15) is 0 Å². The summed E-state index contributed by atoms with van der Waals surface area (Å²) in [4.78, 5) is 3.65. The minimum absolute atomic E-state index is 0.0175. The molecule has 0 saturated heterocycles. The molecule has 0 aliphatic rings. The number of rotatable bonds is 2. The van der Waals surface area contributed by atoms with Gasteiger partial charge in [0.2, 0.25) is 0 Å². The molecule has 0 spiro atoms. The van der Waals surface area contributed by atoms with Crippen LogP contribution in [0.5, 0.6) is 5.75 Å². The zero-order valence-corrected chi connectivity index (χ0v) is 5.16. The van der Waals surface area contributed by atoms with E-state index < -0.39 is 13.4 Å². The van der Waals surface area contributed by atoms with Gasteiger partial charge >= 0.3 is 0 Å². The van der Waals surface area contributed by atoms with Crippen molar-refractivity contribution in [2.45, 2.75) is 6.85 Å². The number of aromatic nitrogens is 1. The summed E-state index contributed by atoms with van der Waals surface area (Å²) in [5, 5.41) is 0. The van der Waals surface area contributed by atoms with Crippen molar-refractivity contribution in [1.82, 2.24) is 4.98 Å². The van der Waals surface area contributed by atoms with Crippen LogP contribution in [0.15, 0.2) is 18.5 Å². The van der Waals surface area contributed by atoms with Crippen molar-refractivity contribution in [2.24, 2.45) is 0 Å². The summed E-state index contributed by atoms with van der Waals surface area (Å²) in [6, 6.07) is 1.30. The molecule has 0 aliphatic carbocycles. The zero-order valence-electron chi connectivity index (χ0n) is 10.2. The maximum Gasteiger partial charge on any atom is 0.139 e. The number of pyridine rings is 1. The number of hydrogen-bond donors (Lipinski definition) is 1. The Bertz CT molecular complexity index is 351. The lowest BCUT2D eigenvalue weighted by molar-refractivity contribution is 0.339. The Morgan fingerprint density at radius 1 is 1.90 bits per heavy atom. The predicted octanol–water partition coefficient (Wildman–Crippen LogP) is 1.06. The van der Waals surface area contributed by atoms with Crippen LogP contribution in [0.3, 0.4) is 0 Å². The van der Waals surface area contributed by atoms with Crippen molar-refractivity contribution in [1.29, 1.82) is 0 Å². The first-order valence-electron chi connectivity index (χ1n) is 5.12. The molecule has 3 heteroatoms. The van der Waals surface area contributed by atoms with Gasteiger partial charge in [-0.25, -0.2) is 0 Å². The fourth-order valence-corrected chi connectivity index (χ4v) is 0.550. The van der Waals surface area contributed by atoms with Gasteiger partial charge in [0.05, 0.1) is 27.4 Å². The summed E-state index contributed by atoms with van der Waals surface area (Å²) in [6.45, 7) is -5.62. The van der Waals surface area contributed by atoms with Crippen LogP contribution in [0.4, 0.5) is 5.69 Å². The van der Waals surface area contributed by atoms with Gasteiger partial charge in [-0.05, 0) is 6.85 Å². The Morgan fingerprint density at radius 2 is 2.80 bits per heavy atom. The maximum atomic E-state index is 7.20. The van der Waals surface area contributed by atoms with Crippen LogP contribution < -0.4 is 10.5 Å². The fraction of sp³-hybridized carbons (Fsp3) is 0.286. The standard InChI is InChI=1S/C7H10N2O/c1-2-10-7-3-6(8)4-9-5-7/h3-5H,2,8H2,1H3/i1D3,2D2. The molecule has 0 radical (unpaired) electrons. The third-order valence-electron chi connectivity index (χ3n) is 0.903. The van der Waals surface area contributed by atoms with E-state index in [2.05, 4.69) is 9.72 Å². The van der Waals surface area contributed by atoms with E-state index in [-0.39, 0.29) is 11.4 Å². The van der Waals surface area contributed by atoms with Crippen molar-refractivity contribution in [3.05, 3.63) is 18.5 Å². The highest BCUT2D eigenvalue weighted by molar-refractivity contribution is 5.39. The minimum atomic E-state index is -2.86. The van der Waals surface area contributed by atoms with E-state index in [1.54, 1.807) is 0 Å². The van der Waals surface area contributed by atoms with Gasteiger partial charge in [0.15, 0.2) is 0 Å². The second-order valence-electron chi connectivity index (χ2n) is 1.66. The Morgan fingerprint density at radius 3 is 3.50 bits per heavy atom. The third kappa shape index (κ3) is 1.62. The molecule has 10 heavy (non-hydrogen) atoms. The summed E-state index contributed by atoms with van der Waals surface area (Å²) >= 11 is 0. The monoisotopic (exact) mass is 143 g/mol. The van der Waals surface area contributed by atoms with Crippen LogP contribution in [0.1, 0.15) is 13.7 Å². The number of ether oxygens (including phenoxy) is 1. The lowest BCUT2D eigenvalue weighted by Crippen LogP contribution is -1.93. The molecular weight excluding hydrogens is 128 g/mol. The van der Waals surface area contributed by atoms with Gasteiger partial charge in [-0.1, -0.05) is 0 Å². The van der Waals surface area contributed by atoms with Crippen molar-refractivity contribution in [3.63, 3.8) is 0 Å². The van der Waals surface area contributed by atoms with E-state index >= 15 is 0 Å². The minimum Gasteiger partial charge on any atom is -0.492 e. The first kappa shape index (κ1) is 2.78. The van der Waals surface area contributed by atoms with E-state index in [1.807, 2.05) is 0 Å². The van der Waals surface area contributed by atoms with E-state index in [9.17, 15) is 0 Å². The van der Waals surface area contributed by atoms with Crippen molar-refractivity contribution >= 4 is 5.69 Å². The van der Waals surface area contributed by atoms with Crippen LogP contribution in [-0.2, 0) is 0 Å². The van der Waals surface area contributed by atoms with Gasteiger partial charge in [0.25, 0.3) is 0 Å². The number of hydrogen-bond acceptors (Lipinski definition) is 3. The molecular formula is C7H10N2O. The predicted molar refractivity (Wildman–Crippen MR) is 39.8 cm³/mol. The molecule has 0 atom stereocenters. The summed E-state index contributed by atoms with van der Waals surface area (Å²) in [6.07, 6.45) is 2.54. The van der Waals surface area contributed by atoms with Gasteiger partial charge in [0, 0.05) is 10.2 Å². The smallest absolute Gasteiger partial charge is 0.139 e. The largest absolute Gasteiger partial charge is 0.492 e. The molecule has 0 aliphatic heterocycles. The highest BCUT2D eigenvalue weighted by atomic mass is 16.5. The summed E-state index contributed by atoms with van der Waals surface area (Å²) in [7, 11) is 0. The van der Waals surface area contributed by atoms with Crippen molar-refractivity contribution in [2.75, 3.05) is 12.3 Å². The maximum absolute atomic E-state index is 7.20. The topological polar surface area (TPSA) is 48.1 Å². The summed E-state index contributed by atoms with van der Waals surface area (Å²) < 4.78 is 39.8. The lowest BCUT2D eigenvalue weighted by Gasteiger charge is -2.00. The molecule has 1 rings (SSSR count). The molecule has 2 N–H and O–H groups in total. The van der Waals surface area contributed by atoms with Gasteiger partial charge in [0.1, 0.15) is 5.75 Å². The average molecular weight is 143 g/mol. The molecule has 1 heterocycles. The van der Waals surface area contributed by atoms with E-state index in [0.29, 0.717) is 0 Å². The van der Waals surface area contributed by atoms with Crippen LogP contribution in [0.25, 0.3) is 0 Å². The molecule has 0 fully saturated rings. The van der Waals surface area contributed by atoms with Gasteiger partial charge in [-0.3, -0.25) is 4.98 Å².